The van der Waals surface area contributed by atoms with Gasteiger partial charge in [0, 0.05) is 0 Å². The van der Waals surface area contributed by atoms with Gasteiger partial charge in [-0.1, -0.05) is 42.3 Å². The zero-order valence-corrected chi connectivity index (χ0v) is 15.1. The molecule has 26 heavy (non-hydrogen) atoms. The van der Waals surface area contributed by atoms with E-state index < -0.39 is 17.8 Å². The third-order valence-electron chi connectivity index (χ3n) is 5.05. The molecule has 1 N–H and O–H groups in total. The number of carboxylic acid groups (broad SMARTS) is 1. The van der Waals surface area contributed by atoms with Crippen molar-refractivity contribution < 1.29 is 19.0 Å². The van der Waals surface area contributed by atoms with Crippen molar-refractivity contribution in [2.45, 2.75) is 38.3 Å². The number of likely N-dealkylation sites (tertiary alicyclic amines) is 1. The molecule has 1 aliphatic heterocycles. The van der Waals surface area contributed by atoms with E-state index >= 15 is 0 Å². The smallest absolute Gasteiger partial charge is 0.320 e. The van der Waals surface area contributed by atoms with Crippen LogP contribution in [0.25, 0.3) is 0 Å². The minimum atomic E-state index is -0.823. The lowest BCUT2D eigenvalue weighted by Crippen LogP contribution is -2.46. The highest BCUT2D eigenvalue weighted by Gasteiger charge is 2.35. The summed E-state index contributed by atoms with van der Waals surface area (Å²) in [6, 6.07) is 12.0. The molecule has 138 valence electrons. The average Bonchev–Trinajstić information content (AvgIpc) is 2.64. The van der Waals surface area contributed by atoms with Crippen molar-refractivity contribution in [3.8, 4) is 5.75 Å². The van der Waals surface area contributed by atoms with Crippen LogP contribution in [0.15, 0.2) is 42.5 Å². The summed E-state index contributed by atoms with van der Waals surface area (Å²) in [5.41, 5.74) is 2.83. The summed E-state index contributed by atoms with van der Waals surface area (Å²) in [7, 11) is 1.43. The topological polar surface area (TPSA) is 49.8 Å². The van der Waals surface area contributed by atoms with Crippen LogP contribution in [-0.2, 0) is 4.79 Å². The Morgan fingerprint density at radius 3 is 2.50 bits per heavy atom. The molecule has 0 amide bonds. The van der Waals surface area contributed by atoms with E-state index in [4.69, 9.17) is 4.74 Å². The lowest BCUT2D eigenvalue weighted by Gasteiger charge is -2.39. The van der Waals surface area contributed by atoms with E-state index in [1.165, 1.54) is 13.2 Å². The molecule has 2 aromatic carbocycles. The Morgan fingerprint density at radius 2 is 1.88 bits per heavy atom. The molecule has 2 aromatic rings. The zero-order chi connectivity index (χ0) is 18.7. The van der Waals surface area contributed by atoms with Gasteiger partial charge in [-0.2, -0.15) is 0 Å². The number of ether oxygens (including phenoxy) is 1. The molecule has 0 radical (unpaired) electrons. The number of rotatable bonds is 5. The molecule has 1 fully saturated rings. The number of carboxylic acids is 1. The number of benzene rings is 2. The van der Waals surface area contributed by atoms with Gasteiger partial charge in [0.05, 0.1) is 13.2 Å². The second kappa shape index (κ2) is 7.87. The van der Waals surface area contributed by atoms with Crippen LogP contribution in [0.3, 0.4) is 0 Å². The summed E-state index contributed by atoms with van der Waals surface area (Å²) >= 11 is 0. The largest absolute Gasteiger partial charge is 0.494 e. The van der Waals surface area contributed by atoms with Crippen LogP contribution in [0, 0.1) is 12.7 Å². The quantitative estimate of drug-likeness (QED) is 0.872. The summed E-state index contributed by atoms with van der Waals surface area (Å²) in [6.45, 7) is 2.68. The molecule has 1 aliphatic rings. The lowest BCUT2D eigenvalue weighted by atomic mass is 9.91. The fourth-order valence-corrected chi connectivity index (χ4v) is 3.70. The van der Waals surface area contributed by atoms with Gasteiger partial charge in [0.25, 0.3) is 0 Å². The Bertz CT molecular complexity index is 775. The highest BCUT2D eigenvalue weighted by molar-refractivity contribution is 5.73. The molecule has 0 saturated carbocycles. The van der Waals surface area contributed by atoms with Gasteiger partial charge in [-0.25, -0.2) is 4.39 Å². The van der Waals surface area contributed by atoms with Gasteiger partial charge in [0.1, 0.15) is 6.04 Å². The summed E-state index contributed by atoms with van der Waals surface area (Å²) in [5, 5.41) is 9.70. The van der Waals surface area contributed by atoms with Gasteiger partial charge < -0.3 is 9.84 Å². The number of piperidine rings is 1. The van der Waals surface area contributed by atoms with Gasteiger partial charge in [-0.15, -0.1) is 0 Å². The molecule has 0 aliphatic carbocycles. The van der Waals surface area contributed by atoms with Gasteiger partial charge in [-0.05, 0) is 49.6 Å². The summed E-state index contributed by atoms with van der Waals surface area (Å²) in [6.07, 6.45) is 2.44. The second-order valence-corrected chi connectivity index (χ2v) is 6.79. The summed E-state index contributed by atoms with van der Waals surface area (Å²) in [4.78, 5) is 13.8. The van der Waals surface area contributed by atoms with Crippen LogP contribution in [0.5, 0.6) is 5.75 Å². The maximum absolute atomic E-state index is 14.4. The number of aliphatic carboxylic acids is 1. The van der Waals surface area contributed by atoms with Crippen LogP contribution in [0.4, 0.5) is 4.39 Å². The highest BCUT2D eigenvalue weighted by atomic mass is 19.1. The maximum Gasteiger partial charge on any atom is 0.320 e. The number of hydrogen-bond acceptors (Lipinski definition) is 3. The Morgan fingerprint density at radius 1 is 1.19 bits per heavy atom. The molecule has 0 spiro atoms. The molecule has 1 saturated heterocycles. The first-order valence-corrected chi connectivity index (χ1v) is 8.90. The van der Waals surface area contributed by atoms with Crippen LogP contribution in [0.2, 0.25) is 0 Å². The van der Waals surface area contributed by atoms with E-state index in [0.29, 0.717) is 13.0 Å². The van der Waals surface area contributed by atoms with Crippen LogP contribution >= 0.6 is 0 Å². The first kappa shape index (κ1) is 18.4. The molecule has 0 aromatic heterocycles. The molecule has 2 atom stereocenters. The van der Waals surface area contributed by atoms with Crippen molar-refractivity contribution in [3.63, 3.8) is 0 Å². The third kappa shape index (κ3) is 3.73. The SMILES string of the molecule is COc1ccc(C(c2ccc(C)cc2)N2CCCCC2C(=O)O)cc1F. The normalized spacial score (nSPS) is 19.1. The molecular weight excluding hydrogens is 333 g/mol. The lowest BCUT2D eigenvalue weighted by molar-refractivity contribution is -0.145. The van der Waals surface area contributed by atoms with E-state index in [-0.39, 0.29) is 11.8 Å². The average molecular weight is 357 g/mol. The van der Waals surface area contributed by atoms with Gasteiger partial charge in [-0.3, -0.25) is 9.69 Å². The van der Waals surface area contributed by atoms with Gasteiger partial charge >= 0.3 is 5.97 Å². The fourth-order valence-electron chi connectivity index (χ4n) is 3.70. The van der Waals surface area contributed by atoms with E-state index in [1.54, 1.807) is 6.07 Å². The van der Waals surface area contributed by atoms with Crippen molar-refractivity contribution >= 4 is 5.97 Å². The monoisotopic (exact) mass is 357 g/mol. The Labute approximate surface area is 153 Å². The van der Waals surface area contributed by atoms with Crippen LogP contribution < -0.4 is 4.74 Å². The predicted molar refractivity (Wildman–Crippen MR) is 98.0 cm³/mol. The molecular formula is C21H24FNO3. The molecule has 1 heterocycles. The summed E-state index contributed by atoms with van der Waals surface area (Å²) in [5.74, 6) is -1.08. The van der Waals surface area contributed by atoms with Crippen molar-refractivity contribution in [2.75, 3.05) is 13.7 Å². The number of carbonyl (C=O) groups is 1. The zero-order valence-electron chi connectivity index (χ0n) is 15.1. The van der Waals surface area contributed by atoms with E-state index in [0.717, 1.165) is 29.5 Å². The van der Waals surface area contributed by atoms with Gasteiger partial charge in [0.2, 0.25) is 0 Å². The Kier molecular flexibility index (Phi) is 5.57. The second-order valence-electron chi connectivity index (χ2n) is 6.79. The Balaban J connectivity index is 2.08. The van der Waals surface area contributed by atoms with Gasteiger partial charge in [0.15, 0.2) is 11.6 Å². The highest BCUT2D eigenvalue weighted by Crippen LogP contribution is 2.35. The fraction of sp³-hybridized carbons (Fsp3) is 0.381. The summed E-state index contributed by atoms with van der Waals surface area (Å²) < 4.78 is 19.4. The molecule has 2 unspecified atom stereocenters. The van der Waals surface area contributed by atoms with Crippen molar-refractivity contribution in [2.24, 2.45) is 0 Å². The van der Waals surface area contributed by atoms with Crippen LogP contribution in [0.1, 0.15) is 42.0 Å². The number of methoxy groups -OCH3 is 1. The van der Waals surface area contributed by atoms with Crippen molar-refractivity contribution in [1.82, 2.24) is 4.90 Å². The van der Waals surface area contributed by atoms with Crippen LogP contribution in [-0.4, -0.2) is 35.7 Å². The maximum atomic E-state index is 14.4. The molecule has 4 nitrogen and oxygen atoms in total. The number of halogens is 1. The number of nitrogens with zero attached hydrogens (tertiary/aromatic N) is 1. The Hall–Kier alpha value is -2.40. The van der Waals surface area contributed by atoms with E-state index in [9.17, 15) is 14.3 Å². The van der Waals surface area contributed by atoms with Crippen molar-refractivity contribution in [1.29, 1.82) is 0 Å². The third-order valence-corrected chi connectivity index (χ3v) is 5.05. The van der Waals surface area contributed by atoms with Crippen molar-refractivity contribution in [3.05, 3.63) is 65.0 Å². The molecule has 5 heteroatoms. The standard InChI is InChI=1S/C21H24FNO3/c1-14-6-8-15(9-7-14)20(16-10-11-19(26-2)17(22)13-16)23-12-4-3-5-18(23)21(24)25/h6-11,13,18,20H,3-5,12H2,1-2H3,(H,24,25). The minimum Gasteiger partial charge on any atom is -0.494 e. The first-order valence-electron chi connectivity index (χ1n) is 8.90. The first-order chi connectivity index (χ1) is 12.5. The van der Waals surface area contributed by atoms with E-state index in [2.05, 4.69) is 0 Å². The molecule has 0 bridgehead atoms. The number of aryl methyl sites for hydroxylation is 1. The minimum absolute atomic E-state index is 0.185. The van der Waals surface area contributed by atoms with E-state index in [1.807, 2.05) is 42.2 Å². The number of hydrogen-bond donors (Lipinski definition) is 1. The predicted octanol–water partition coefficient (Wildman–Crippen LogP) is 4.17. The molecule has 3 rings (SSSR count).